The fourth-order valence-electron chi connectivity index (χ4n) is 1.86. The van der Waals surface area contributed by atoms with Crippen LogP contribution in [0.15, 0.2) is 29.7 Å². The van der Waals surface area contributed by atoms with E-state index in [1.165, 1.54) is 20.3 Å². The maximum Gasteiger partial charge on any atom is 0.252 e. The lowest BCUT2D eigenvalue weighted by Crippen LogP contribution is -2.35. The fourth-order valence-corrected chi connectivity index (χ4v) is 3.09. The van der Waals surface area contributed by atoms with Crippen LogP contribution < -0.4 is 14.8 Å². The van der Waals surface area contributed by atoms with Gasteiger partial charge in [0.2, 0.25) is 0 Å². The van der Waals surface area contributed by atoms with Crippen LogP contribution in [0.3, 0.4) is 0 Å². The van der Waals surface area contributed by atoms with Gasteiger partial charge in [-0.2, -0.15) is 0 Å². The Morgan fingerprint density at radius 1 is 1.20 bits per heavy atom. The molecule has 0 spiro atoms. The van der Waals surface area contributed by atoms with Gasteiger partial charge in [0.25, 0.3) is 5.91 Å². The van der Waals surface area contributed by atoms with Crippen LogP contribution in [0, 0.1) is 0 Å². The topological polar surface area (TPSA) is 81.7 Å². The summed E-state index contributed by atoms with van der Waals surface area (Å²) in [6.07, 6.45) is 1.46. The Balaban J connectivity index is 2.15. The highest BCUT2D eigenvalue weighted by Crippen LogP contribution is 2.22. The van der Waals surface area contributed by atoms with E-state index >= 15 is 0 Å². The summed E-state index contributed by atoms with van der Waals surface area (Å²) in [7, 11) is -0.216. The third-order valence-corrected chi connectivity index (χ3v) is 4.26. The summed E-state index contributed by atoms with van der Waals surface area (Å²) in [5, 5.41) is 3.75. The van der Waals surface area contributed by atoms with Gasteiger partial charge in [0.05, 0.1) is 26.0 Å². The highest BCUT2D eigenvalue weighted by atomic mass is 32.2. The molecule has 6 nitrogen and oxygen atoms in total. The number of methoxy groups -OCH3 is 2. The van der Waals surface area contributed by atoms with Crippen molar-refractivity contribution < 1.29 is 22.7 Å². The summed E-state index contributed by atoms with van der Waals surface area (Å²) in [5.41, 5.74) is 0.346. The van der Waals surface area contributed by atoms with Crippen LogP contribution in [0.4, 0.5) is 0 Å². The van der Waals surface area contributed by atoms with Crippen LogP contribution in [0.25, 0.3) is 0 Å². The van der Waals surface area contributed by atoms with E-state index in [0.29, 0.717) is 17.1 Å². The lowest BCUT2D eigenvalue weighted by atomic mass is 10.1. The zero-order valence-electron chi connectivity index (χ0n) is 11.1. The lowest BCUT2D eigenvalue weighted by molar-refractivity contribution is 0.0947. The van der Waals surface area contributed by atoms with Crippen molar-refractivity contribution in [3.63, 3.8) is 0 Å². The first-order chi connectivity index (χ1) is 9.43. The molecule has 1 aliphatic rings. The number of amides is 1. The van der Waals surface area contributed by atoms with Crippen molar-refractivity contribution >= 4 is 15.7 Å². The molecule has 0 fully saturated rings. The second-order valence-corrected chi connectivity index (χ2v) is 6.27. The van der Waals surface area contributed by atoms with E-state index in [9.17, 15) is 13.2 Å². The number of hydrogen-bond donors (Lipinski definition) is 1. The third-order valence-electron chi connectivity index (χ3n) is 2.86. The van der Waals surface area contributed by atoms with Gasteiger partial charge in [-0.1, -0.05) is 0 Å². The van der Waals surface area contributed by atoms with E-state index < -0.39 is 15.9 Å². The van der Waals surface area contributed by atoms with Gasteiger partial charge in [-0.05, 0) is 18.2 Å². The number of rotatable bonds is 4. The average Bonchev–Trinajstić information content (AvgIpc) is 2.77. The summed E-state index contributed by atoms with van der Waals surface area (Å²) in [5.74, 6) is 0.488. The van der Waals surface area contributed by atoms with Gasteiger partial charge in [0.15, 0.2) is 9.84 Å². The molecule has 0 saturated heterocycles. The van der Waals surface area contributed by atoms with Gasteiger partial charge >= 0.3 is 0 Å². The molecule has 0 bridgehead atoms. The van der Waals surface area contributed by atoms with Crippen LogP contribution in [0.1, 0.15) is 10.4 Å². The van der Waals surface area contributed by atoms with Gasteiger partial charge in [-0.3, -0.25) is 4.79 Å². The minimum absolute atomic E-state index is 0.111. The predicted octanol–water partition coefficient (Wildman–Crippen LogP) is 0.744. The Morgan fingerprint density at radius 2 is 1.80 bits per heavy atom. The van der Waals surface area contributed by atoms with Gasteiger partial charge < -0.3 is 14.8 Å². The number of nitrogens with one attached hydrogen (secondary N) is 1. The first kappa shape index (κ1) is 14.4. The highest BCUT2D eigenvalue weighted by Gasteiger charge is 2.23. The number of sulfone groups is 1. The van der Waals surface area contributed by atoms with Crippen molar-refractivity contribution in [3.8, 4) is 11.5 Å². The second kappa shape index (κ2) is 5.54. The second-order valence-electron chi connectivity index (χ2n) is 4.34. The molecule has 1 N–H and O–H groups in total. The van der Waals surface area contributed by atoms with Crippen molar-refractivity contribution in [3.05, 3.63) is 35.2 Å². The Bertz CT molecular complexity index is 628. The molecule has 1 atom stereocenters. The Hall–Kier alpha value is -2.02. The summed E-state index contributed by atoms with van der Waals surface area (Å²) in [6, 6.07) is 4.26. The van der Waals surface area contributed by atoms with E-state index in [-0.39, 0.29) is 11.7 Å². The van der Waals surface area contributed by atoms with Crippen molar-refractivity contribution in [1.82, 2.24) is 5.32 Å². The molecule has 0 unspecified atom stereocenters. The summed E-state index contributed by atoms with van der Waals surface area (Å²) in [6.45, 7) is 0. The maximum absolute atomic E-state index is 12.1. The number of hydrogen-bond acceptors (Lipinski definition) is 5. The molecule has 108 valence electrons. The van der Waals surface area contributed by atoms with Crippen molar-refractivity contribution in [2.75, 3.05) is 20.0 Å². The van der Waals surface area contributed by atoms with Crippen molar-refractivity contribution in [1.29, 1.82) is 0 Å². The fraction of sp³-hybridized carbons (Fsp3) is 0.308. The monoisotopic (exact) mass is 297 g/mol. The van der Waals surface area contributed by atoms with Crippen LogP contribution in [0.5, 0.6) is 11.5 Å². The zero-order valence-corrected chi connectivity index (χ0v) is 11.9. The Morgan fingerprint density at radius 3 is 2.25 bits per heavy atom. The minimum Gasteiger partial charge on any atom is -0.497 e. The standard InChI is InChI=1S/C13H15NO5S/c1-18-11-5-9(6-12(7-11)19-2)13(15)14-10-3-4-20(16,17)8-10/h3-7,10H,8H2,1-2H3,(H,14,15)/t10-/m1/s1. The molecular weight excluding hydrogens is 282 g/mol. The van der Waals surface area contributed by atoms with Crippen LogP contribution in [-0.4, -0.2) is 40.3 Å². The molecule has 1 aliphatic heterocycles. The van der Waals surface area contributed by atoms with E-state index in [1.807, 2.05) is 0 Å². The molecule has 0 aromatic heterocycles. The molecule has 0 radical (unpaired) electrons. The largest absolute Gasteiger partial charge is 0.497 e. The predicted molar refractivity (Wildman–Crippen MR) is 73.7 cm³/mol. The van der Waals surface area contributed by atoms with Gasteiger partial charge in [-0.25, -0.2) is 8.42 Å². The molecule has 2 rings (SSSR count). The highest BCUT2D eigenvalue weighted by molar-refractivity contribution is 7.94. The van der Waals surface area contributed by atoms with Crippen molar-refractivity contribution in [2.24, 2.45) is 0 Å². The molecular formula is C13H15NO5S. The molecule has 1 aromatic carbocycles. The maximum atomic E-state index is 12.1. The SMILES string of the molecule is COc1cc(OC)cc(C(=O)N[C@@H]2C=CS(=O)(=O)C2)c1. The molecule has 0 saturated carbocycles. The van der Waals surface area contributed by atoms with E-state index in [4.69, 9.17) is 9.47 Å². The van der Waals surface area contributed by atoms with E-state index in [0.717, 1.165) is 5.41 Å². The molecule has 1 amide bonds. The van der Waals surface area contributed by atoms with Crippen LogP contribution in [-0.2, 0) is 9.84 Å². The Labute approximate surface area is 117 Å². The smallest absolute Gasteiger partial charge is 0.252 e. The quantitative estimate of drug-likeness (QED) is 0.886. The number of carbonyl (C=O) groups is 1. The van der Waals surface area contributed by atoms with E-state index in [2.05, 4.69) is 5.32 Å². The lowest BCUT2D eigenvalue weighted by Gasteiger charge is -2.12. The summed E-state index contributed by atoms with van der Waals surface area (Å²) in [4.78, 5) is 12.1. The van der Waals surface area contributed by atoms with Crippen molar-refractivity contribution in [2.45, 2.75) is 6.04 Å². The molecule has 7 heteroatoms. The van der Waals surface area contributed by atoms with Crippen LogP contribution >= 0.6 is 0 Å². The van der Waals surface area contributed by atoms with Gasteiger partial charge in [-0.15, -0.1) is 0 Å². The molecule has 20 heavy (non-hydrogen) atoms. The van der Waals surface area contributed by atoms with Gasteiger partial charge in [0, 0.05) is 17.0 Å². The average molecular weight is 297 g/mol. The molecule has 1 aromatic rings. The first-order valence-corrected chi connectivity index (χ1v) is 7.60. The summed E-state index contributed by atoms with van der Waals surface area (Å²) >= 11 is 0. The first-order valence-electron chi connectivity index (χ1n) is 5.88. The number of benzene rings is 1. The summed E-state index contributed by atoms with van der Waals surface area (Å²) < 4.78 is 32.7. The molecule has 0 aliphatic carbocycles. The minimum atomic E-state index is -3.19. The van der Waals surface area contributed by atoms with E-state index in [1.54, 1.807) is 18.2 Å². The Kier molecular flexibility index (Phi) is 3.99. The molecule has 1 heterocycles. The van der Waals surface area contributed by atoms with Crippen LogP contribution in [0.2, 0.25) is 0 Å². The number of carbonyl (C=O) groups excluding carboxylic acids is 1. The van der Waals surface area contributed by atoms with Gasteiger partial charge in [0.1, 0.15) is 11.5 Å². The number of ether oxygens (including phenoxy) is 2. The normalized spacial score (nSPS) is 19.6. The zero-order chi connectivity index (χ0) is 14.8. The third kappa shape index (κ3) is 3.30.